The first-order chi connectivity index (χ1) is 13.7. The van der Waals surface area contributed by atoms with Crippen molar-refractivity contribution in [2.75, 3.05) is 12.7 Å². The van der Waals surface area contributed by atoms with E-state index in [1.165, 1.54) is 0 Å². The first kappa shape index (κ1) is 25.3. The molecule has 1 rings (SSSR count). The van der Waals surface area contributed by atoms with Crippen molar-refractivity contribution in [2.45, 2.75) is 58.2 Å². The van der Waals surface area contributed by atoms with Crippen LogP contribution in [0.3, 0.4) is 0 Å². The summed E-state index contributed by atoms with van der Waals surface area (Å²) in [6.07, 6.45) is 2.96. The van der Waals surface area contributed by atoms with Crippen LogP contribution < -0.4 is 11.1 Å². The highest BCUT2D eigenvalue weighted by atomic mass is 31.2. The lowest BCUT2D eigenvalue weighted by Crippen LogP contribution is -2.40. The van der Waals surface area contributed by atoms with E-state index in [9.17, 15) is 24.2 Å². The highest BCUT2D eigenvalue weighted by Gasteiger charge is 2.38. The predicted molar refractivity (Wildman–Crippen MR) is 115 cm³/mol. The topological polar surface area (TPSA) is 130 Å². The molecule has 8 heteroatoms. The van der Waals surface area contributed by atoms with Gasteiger partial charge >= 0.3 is 5.97 Å². The van der Waals surface area contributed by atoms with E-state index in [1.807, 2.05) is 30.3 Å². The van der Waals surface area contributed by atoms with E-state index >= 15 is 0 Å². The quantitative estimate of drug-likeness (QED) is 0.267. The summed E-state index contributed by atoms with van der Waals surface area (Å²) in [5.74, 6) is -3.55. The van der Waals surface area contributed by atoms with Gasteiger partial charge in [-0.25, -0.2) is 0 Å². The average molecular weight is 426 g/mol. The molecule has 0 aliphatic heterocycles. The van der Waals surface area contributed by atoms with Gasteiger partial charge in [-0.1, -0.05) is 57.0 Å². The van der Waals surface area contributed by atoms with Gasteiger partial charge in [-0.15, -0.1) is 0 Å². The second-order valence-corrected chi connectivity index (χ2v) is 10.3. The molecule has 0 saturated carbocycles. The normalized spacial score (nSPS) is 15.5. The van der Waals surface area contributed by atoms with Crippen molar-refractivity contribution >= 4 is 19.2 Å². The number of carbonyl (C=O) groups excluding carboxylic acids is 1. The molecule has 0 saturated heterocycles. The number of hydrogen-bond acceptors (Lipinski definition) is 4. The second-order valence-electron chi connectivity index (χ2n) is 7.85. The van der Waals surface area contributed by atoms with Crippen molar-refractivity contribution in [3.63, 3.8) is 0 Å². The van der Waals surface area contributed by atoms with E-state index in [4.69, 9.17) is 5.73 Å². The van der Waals surface area contributed by atoms with Crippen molar-refractivity contribution in [3.8, 4) is 0 Å². The second kappa shape index (κ2) is 12.8. The van der Waals surface area contributed by atoms with Gasteiger partial charge in [0.15, 0.2) is 0 Å². The van der Waals surface area contributed by atoms with E-state index in [-0.39, 0.29) is 24.4 Å². The minimum atomic E-state index is -3.91. The molecule has 0 aromatic heterocycles. The van der Waals surface area contributed by atoms with Crippen LogP contribution in [0.2, 0.25) is 0 Å². The Hall–Kier alpha value is -1.69. The molecule has 29 heavy (non-hydrogen) atoms. The number of rotatable bonds is 14. The molecule has 1 amide bonds. The number of amides is 1. The molecular formula is C21H35N2O5P. The Morgan fingerprint density at radius 2 is 1.79 bits per heavy atom. The lowest BCUT2D eigenvalue weighted by Gasteiger charge is -2.29. The third-order valence-electron chi connectivity index (χ3n) is 4.95. The maximum atomic E-state index is 13.0. The minimum absolute atomic E-state index is 0.203. The zero-order valence-corrected chi connectivity index (χ0v) is 18.3. The summed E-state index contributed by atoms with van der Waals surface area (Å²) in [6.45, 7) is 4.05. The number of unbranched alkanes of at least 4 members (excludes halogenated alkanes) is 2. The lowest BCUT2D eigenvalue weighted by molar-refractivity contribution is -0.141. The average Bonchev–Trinajstić information content (AvgIpc) is 2.67. The molecule has 1 unspecified atom stereocenters. The number of hydrogen-bond donors (Lipinski definition) is 4. The van der Waals surface area contributed by atoms with E-state index in [0.29, 0.717) is 25.8 Å². The summed E-state index contributed by atoms with van der Waals surface area (Å²) in [6, 6.07) is 9.53. The fraction of sp³-hybridized carbons (Fsp3) is 0.619. The molecule has 0 radical (unpaired) electrons. The van der Waals surface area contributed by atoms with Crippen LogP contribution in [0.4, 0.5) is 0 Å². The zero-order valence-electron chi connectivity index (χ0n) is 17.4. The van der Waals surface area contributed by atoms with E-state index in [2.05, 4.69) is 5.32 Å². The Kier molecular flexibility index (Phi) is 11.2. The van der Waals surface area contributed by atoms with Gasteiger partial charge in [-0.3, -0.25) is 14.2 Å². The molecule has 0 bridgehead atoms. The third kappa shape index (κ3) is 9.57. The molecular weight excluding hydrogens is 391 g/mol. The van der Waals surface area contributed by atoms with Gasteiger partial charge in [0, 0.05) is 12.6 Å². The van der Waals surface area contributed by atoms with E-state index in [1.54, 1.807) is 13.8 Å². The monoisotopic (exact) mass is 426 g/mol. The lowest BCUT2D eigenvalue weighted by atomic mass is 10.0. The molecule has 0 spiro atoms. The summed E-state index contributed by atoms with van der Waals surface area (Å²) in [4.78, 5) is 34.6. The first-order valence-corrected chi connectivity index (χ1v) is 12.2. The number of carboxylic acids is 1. The van der Waals surface area contributed by atoms with Gasteiger partial charge in [-0.05, 0) is 37.3 Å². The van der Waals surface area contributed by atoms with Crippen LogP contribution in [-0.4, -0.2) is 40.4 Å². The predicted octanol–water partition coefficient (Wildman–Crippen LogP) is 3.21. The van der Waals surface area contributed by atoms with Crippen LogP contribution in [0.25, 0.3) is 0 Å². The number of nitrogens with two attached hydrogens (primary N) is 1. The molecule has 1 aromatic carbocycles. The van der Waals surface area contributed by atoms with Crippen LogP contribution >= 0.6 is 7.37 Å². The van der Waals surface area contributed by atoms with Crippen molar-refractivity contribution in [1.29, 1.82) is 0 Å². The molecule has 3 atom stereocenters. The number of carboxylic acid groups (broad SMARTS) is 1. The van der Waals surface area contributed by atoms with Crippen LogP contribution in [0.1, 0.15) is 51.5 Å². The van der Waals surface area contributed by atoms with Crippen LogP contribution in [0.15, 0.2) is 30.3 Å². The van der Waals surface area contributed by atoms with Gasteiger partial charge in [-0.2, -0.15) is 0 Å². The number of nitrogens with one attached hydrogen (secondary N) is 1. The summed E-state index contributed by atoms with van der Waals surface area (Å²) in [5.41, 5.74) is 6.46. The molecule has 1 aromatic rings. The third-order valence-corrected chi connectivity index (χ3v) is 7.51. The number of carbonyl (C=O) groups is 2. The van der Waals surface area contributed by atoms with Gasteiger partial charge in [0.2, 0.25) is 13.3 Å². The highest BCUT2D eigenvalue weighted by Crippen LogP contribution is 2.50. The standard InChI is InChI=1S/C21H35N2O5P/c1-16(2)20(23-19(24)13-12-17-9-5-3-6-10-17)29(27,28)15-18(21(25)26)11-7-4-8-14-22/h3,5-6,9-10,16,18,20H,4,7-8,11-15,22H2,1-2H3,(H,23,24)(H,25,26)(H,27,28)/t18-,20-/m1/s1. The fourth-order valence-electron chi connectivity index (χ4n) is 3.31. The minimum Gasteiger partial charge on any atom is -0.481 e. The summed E-state index contributed by atoms with van der Waals surface area (Å²) >= 11 is 0. The van der Waals surface area contributed by atoms with Gasteiger partial charge in [0.1, 0.15) is 5.78 Å². The SMILES string of the molecule is CC(C)[C@H](NC(=O)CCc1ccccc1)P(=O)(O)C[C@@H](CCCCCN)C(=O)O. The Morgan fingerprint density at radius 1 is 1.14 bits per heavy atom. The molecule has 0 fully saturated rings. The van der Waals surface area contributed by atoms with Crippen LogP contribution in [-0.2, 0) is 20.6 Å². The first-order valence-electron chi connectivity index (χ1n) is 10.2. The Morgan fingerprint density at radius 3 is 2.34 bits per heavy atom. The molecule has 5 N–H and O–H groups in total. The van der Waals surface area contributed by atoms with Crippen molar-refractivity contribution in [3.05, 3.63) is 35.9 Å². The fourth-order valence-corrected chi connectivity index (χ4v) is 5.78. The Bertz CT molecular complexity index is 681. The Labute approximate surface area is 173 Å². The van der Waals surface area contributed by atoms with E-state index in [0.717, 1.165) is 18.4 Å². The zero-order chi connectivity index (χ0) is 21.9. The summed E-state index contributed by atoms with van der Waals surface area (Å²) < 4.78 is 13.0. The number of aliphatic carboxylic acids is 1. The highest BCUT2D eigenvalue weighted by molar-refractivity contribution is 7.58. The smallest absolute Gasteiger partial charge is 0.307 e. The summed E-state index contributed by atoms with van der Waals surface area (Å²) in [5, 5.41) is 12.1. The largest absolute Gasteiger partial charge is 0.481 e. The van der Waals surface area contributed by atoms with Crippen molar-refractivity contribution in [1.82, 2.24) is 5.32 Å². The van der Waals surface area contributed by atoms with Crippen molar-refractivity contribution < 1.29 is 24.2 Å². The van der Waals surface area contributed by atoms with Gasteiger partial charge in [0.25, 0.3) is 0 Å². The maximum Gasteiger partial charge on any atom is 0.307 e. The number of aryl methyl sites for hydroxylation is 1. The van der Waals surface area contributed by atoms with Crippen LogP contribution in [0, 0.1) is 11.8 Å². The van der Waals surface area contributed by atoms with Crippen molar-refractivity contribution in [2.24, 2.45) is 17.6 Å². The molecule has 0 aliphatic rings. The summed E-state index contributed by atoms with van der Waals surface area (Å²) in [7, 11) is -3.91. The molecule has 0 heterocycles. The molecule has 164 valence electrons. The maximum absolute atomic E-state index is 13.0. The van der Waals surface area contributed by atoms with E-state index < -0.39 is 25.0 Å². The van der Waals surface area contributed by atoms with Crippen LogP contribution in [0.5, 0.6) is 0 Å². The van der Waals surface area contributed by atoms with Gasteiger partial charge < -0.3 is 21.1 Å². The Balaban J connectivity index is 2.71. The number of benzene rings is 1. The molecule has 0 aliphatic carbocycles. The van der Waals surface area contributed by atoms with Gasteiger partial charge in [0.05, 0.1) is 5.92 Å². The molecule has 7 nitrogen and oxygen atoms in total.